The molecule has 0 aliphatic carbocycles. The Bertz CT molecular complexity index is 760. The van der Waals surface area contributed by atoms with E-state index in [1.54, 1.807) is 12.1 Å². The molecule has 1 aliphatic heterocycles. The summed E-state index contributed by atoms with van der Waals surface area (Å²) in [6.07, 6.45) is -1.89. The predicted octanol–water partition coefficient (Wildman–Crippen LogP) is 4.92. The lowest BCUT2D eigenvalue weighted by Crippen LogP contribution is -2.28. The van der Waals surface area contributed by atoms with Crippen LogP contribution in [0.3, 0.4) is 0 Å². The van der Waals surface area contributed by atoms with Gasteiger partial charge in [-0.25, -0.2) is 18.6 Å². The number of hydrogen-bond acceptors (Lipinski definition) is 2. The Morgan fingerprint density at radius 2 is 1.79 bits per heavy atom. The average molecular weight is 350 g/mol. The maximum Gasteiger partial charge on any atom is 0.342 e. The number of anilines is 1. The van der Waals surface area contributed by atoms with Crippen LogP contribution in [0.15, 0.2) is 53.6 Å². The molecule has 2 amide bonds. The van der Waals surface area contributed by atoms with E-state index in [2.05, 4.69) is 10.4 Å². The van der Waals surface area contributed by atoms with Crippen molar-refractivity contribution >= 4 is 29.0 Å². The van der Waals surface area contributed by atoms with Gasteiger partial charge in [-0.3, -0.25) is 0 Å². The average Bonchev–Trinajstić information content (AvgIpc) is 3.06. The third-order valence-electron chi connectivity index (χ3n) is 3.63. The van der Waals surface area contributed by atoms with Gasteiger partial charge in [0.15, 0.2) is 0 Å². The van der Waals surface area contributed by atoms with Crippen LogP contribution in [-0.4, -0.2) is 23.3 Å². The molecular formula is C17H14ClF2N3O. The molecule has 0 unspecified atom stereocenters. The maximum absolute atomic E-state index is 12.5. The number of amides is 2. The van der Waals surface area contributed by atoms with Gasteiger partial charge >= 0.3 is 6.03 Å². The summed E-state index contributed by atoms with van der Waals surface area (Å²) in [5.74, 6) is 0. The largest absolute Gasteiger partial charge is 0.342 e. The summed E-state index contributed by atoms with van der Waals surface area (Å²) in [5, 5.41) is 8.91. The second-order valence-corrected chi connectivity index (χ2v) is 5.72. The zero-order valence-electron chi connectivity index (χ0n) is 12.5. The Morgan fingerprint density at radius 1 is 1.12 bits per heavy atom. The molecule has 24 heavy (non-hydrogen) atoms. The van der Waals surface area contributed by atoms with E-state index in [9.17, 15) is 13.6 Å². The van der Waals surface area contributed by atoms with Gasteiger partial charge in [0.25, 0.3) is 6.43 Å². The number of rotatable bonds is 3. The zero-order valence-corrected chi connectivity index (χ0v) is 13.3. The summed E-state index contributed by atoms with van der Waals surface area (Å²) in [6.45, 7) is 0.457. The van der Waals surface area contributed by atoms with E-state index in [-0.39, 0.29) is 5.56 Å². The highest BCUT2D eigenvalue weighted by molar-refractivity contribution is 6.30. The first-order valence-electron chi connectivity index (χ1n) is 7.33. The number of halogens is 3. The summed E-state index contributed by atoms with van der Waals surface area (Å²) in [5.41, 5.74) is 2.07. The molecule has 4 nitrogen and oxygen atoms in total. The molecular weight excluding hydrogens is 336 g/mol. The molecule has 0 radical (unpaired) electrons. The molecule has 2 aromatic rings. The summed E-state index contributed by atoms with van der Waals surface area (Å²) in [6, 6.07) is 12.3. The number of hydrazone groups is 1. The van der Waals surface area contributed by atoms with Crippen molar-refractivity contribution in [1.29, 1.82) is 0 Å². The van der Waals surface area contributed by atoms with Crippen molar-refractivity contribution < 1.29 is 13.6 Å². The minimum absolute atomic E-state index is 0.0859. The maximum atomic E-state index is 12.5. The fourth-order valence-electron chi connectivity index (χ4n) is 2.35. The van der Waals surface area contributed by atoms with E-state index in [0.29, 0.717) is 23.7 Å². The Labute approximate surface area is 142 Å². The van der Waals surface area contributed by atoms with Crippen molar-refractivity contribution in [1.82, 2.24) is 5.01 Å². The standard InChI is InChI=1S/C17H14ClF2N3O/c18-13-5-1-11(2-6-13)15-9-10-23(22-15)17(24)21-14-7-3-12(4-8-14)16(19)20/h1-8,16H,9-10H2,(H,21,24). The highest BCUT2D eigenvalue weighted by Crippen LogP contribution is 2.21. The first kappa shape index (κ1) is 16.4. The number of benzene rings is 2. The monoisotopic (exact) mass is 349 g/mol. The van der Waals surface area contributed by atoms with E-state index in [1.807, 2.05) is 12.1 Å². The van der Waals surface area contributed by atoms with E-state index in [0.717, 1.165) is 11.3 Å². The summed E-state index contributed by atoms with van der Waals surface area (Å²) < 4.78 is 25.0. The highest BCUT2D eigenvalue weighted by Gasteiger charge is 2.21. The zero-order chi connectivity index (χ0) is 17.1. The van der Waals surface area contributed by atoms with Crippen LogP contribution < -0.4 is 5.32 Å². The molecule has 0 atom stereocenters. The Morgan fingerprint density at radius 3 is 2.42 bits per heavy atom. The number of nitrogens with one attached hydrogen (secondary N) is 1. The number of nitrogens with zero attached hydrogens (tertiary/aromatic N) is 2. The minimum atomic E-state index is -2.53. The van der Waals surface area contributed by atoms with Crippen LogP contribution in [0.25, 0.3) is 0 Å². The van der Waals surface area contributed by atoms with E-state index in [4.69, 9.17) is 11.6 Å². The number of carbonyl (C=O) groups excluding carboxylic acids is 1. The van der Waals surface area contributed by atoms with Gasteiger partial charge in [-0.2, -0.15) is 5.10 Å². The third-order valence-corrected chi connectivity index (χ3v) is 3.88. The lowest BCUT2D eigenvalue weighted by atomic mass is 10.1. The Hall–Kier alpha value is -2.47. The molecule has 0 fully saturated rings. The molecule has 3 rings (SSSR count). The predicted molar refractivity (Wildman–Crippen MR) is 89.7 cm³/mol. The third kappa shape index (κ3) is 3.71. The van der Waals surface area contributed by atoms with Gasteiger partial charge in [-0.1, -0.05) is 35.9 Å². The van der Waals surface area contributed by atoms with Crippen LogP contribution >= 0.6 is 11.6 Å². The SMILES string of the molecule is O=C(Nc1ccc(C(F)F)cc1)N1CCC(c2ccc(Cl)cc2)=N1. The number of alkyl halides is 2. The first-order valence-corrected chi connectivity index (χ1v) is 7.71. The van der Waals surface area contributed by atoms with Crippen LogP contribution in [-0.2, 0) is 0 Å². The van der Waals surface area contributed by atoms with Gasteiger partial charge in [0, 0.05) is 22.7 Å². The van der Waals surface area contributed by atoms with Gasteiger partial charge in [0.05, 0.1) is 12.3 Å². The molecule has 7 heteroatoms. The van der Waals surface area contributed by atoms with E-state index >= 15 is 0 Å². The van der Waals surface area contributed by atoms with Gasteiger partial charge in [-0.15, -0.1) is 0 Å². The molecule has 1 aliphatic rings. The van der Waals surface area contributed by atoms with Gasteiger partial charge in [0.2, 0.25) is 0 Å². The van der Waals surface area contributed by atoms with Crippen LogP contribution in [0.2, 0.25) is 5.02 Å². The van der Waals surface area contributed by atoms with Crippen molar-refractivity contribution in [2.75, 3.05) is 11.9 Å². The van der Waals surface area contributed by atoms with Crippen LogP contribution in [0, 0.1) is 0 Å². The van der Waals surface area contributed by atoms with Gasteiger partial charge in [-0.05, 0) is 29.8 Å². The fourth-order valence-corrected chi connectivity index (χ4v) is 2.47. The number of urea groups is 1. The lowest BCUT2D eigenvalue weighted by Gasteiger charge is -2.13. The summed E-state index contributed by atoms with van der Waals surface area (Å²) >= 11 is 5.86. The van der Waals surface area contributed by atoms with Crippen molar-refractivity contribution in [3.05, 3.63) is 64.7 Å². The first-order chi connectivity index (χ1) is 11.5. The number of carbonyl (C=O) groups is 1. The summed E-state index contributed by atoms with van der Waals surface area (Å²) in [4.78, 5) is 12.2. The van der Waals surface area contributed by atoms with Gasteiger partial charge < -0.3 is 5.32 Å². The normalized spacial score (nSPS) is 14.0. The second kappa shape index (κ2) is 6.97. The van der Waals surface area contributed by atoms with E-state index < -0.39 is 12.5 Å². The summed E-state index contributed by atoms with van der Waals surface area (Å²) in [7, 11) is 0. The highest BCUT2D eigenvalue weighted by atomic mass is 35.5. The number of hydrogen-bond donors (Lipinski definition) is 1. The molecule has 1 heterocycles. The van der Waals surface area contributed by atoms with E-state index in [1.165, 1.54) is 29.3 Å². The smallest absolute Gasteiger partial charge is 0.306 e. The molecule has 124 valence electrons. The second-order valence-electron chi connectivity index (χ2n) is 5.28. The fraction of sp³-hybridized carbons (Fsp3) is 0.176. The molecule has 0 aromatic heterocycles. The van der Waals surface area contributed by atoms with Crippen molar-refractivity contribution in [3.8, 4) is 0 Å². The van der Waals surface area contributed by atoms with Crippen LogP contribution in [0.4, 0.5) is 19.3 Å². The molecule has 1 N–H and O–H groups in total. The Balaban J connectivity index is 1.66. The van der Waals surface area contributed by atoms with Crippen LogP contribution in [0.1, 0.15) is 24.0 Å². The Kier molecular flexibility index (Phi) is 4.76. The molecule has 0 bridgehead atoms. The molecule has 0 spiro atoms. The van der Waals surface area contributed by atoms with Crippen LogP contribution in [0.5, 0.6) is 0 Å². The van der Waals surface area contributed by atoms with Crippen molar-refractivity contribution in [3.63, 3.8) is 0 Å². The van der Waals surface area contributed by atoms with Gasteiger partial charge in [0.1, 0.15) is 0 Å². The quantitative estimate of drug-likeness (QED) is 0.839. The molecule has 2 aromatic carbocycles. The molecule has 0 saturated heterocycles. The molecule has 0 saturated carbocycles. The topological polar surface area (TPSA) is 44.7 Å². The lowest BCUT2D eigenvalue weighted by molar-refractivity contribution is 0.151. The minimum Gasteiger partial charge on any atom is -0.306 e. The van der Waals surface area contributed by atoms with Crippen molar-refractivity contribution in [2.45, 2.75) is 12.8 Å². The van der Waals surface area contributed by atoms with Crippen molar-refractivity contribution in [2.24, 2.45) is 5.10 Å².